The lowest BCUT2D eigenvalue weighted by Crippen LogP contribution is -2.13. The summed E-state index contributed by atoms with van der Waals surface area (Å²) in [5, 5.41) is 20.6. The molecule has 0 unspecified atom stereocenters. The lowest BCUT2D eigenvalue weighted by atomic mass is 10.1. The van der Waals surface area contributed by atoms with Crippen LogP contribution in [0.2, 0.25) is 0 Å². The molecule has 5 aromatic rings. The number of benzene rings is 4. The van der Waals surface area contributed by atoms with E-state index in [0.29, 0.717) is 22.9 Å². The first kappa shape index (κ1) is 23.4. The van der Waals surface area contributed by atoms with Gasteiger partial charge in [0.1, 0.15) is 17.2 Å². The number of nitrogens with zero attached hydrogens (tertiary/aromatic N) is 2. The number of aromatic nitrogens is 2. The number of nitriles is 1. The van der Waals surface area contributed by atoms with Crippen LogP contribution in [0.4, 0.5) is 5.69 Å². The van der Waals surface area contributed by atoms with Crippen molar-refractivity contribution >= 4 is 34.6 Å². The molecule has 1 aromatic heterocycles. The highest BCUT2D eigenvalue weighted by Gasteiger charge is 2.14. The number of carbonyl (C=O) groups excluding carboxylic acids is 1. The van der Waals surface area contributed by atoms with E-state index in [2.05, 4.69) is 15.5 Å². The van der Waals surface area contributed by atoms with Crippen molar-refractivity contribution in [2.45, 2.75) is 0 Å². The third-order valence-corrected chi connectivity index (χ3v) is 5.72. The summed E-state index contributed by atoms with van der Waals surface area (Å²) >= 11 is 0. The Kier molecular flexibility index (Phi) is 6.64. The molecule has 180 valence electrons. The maximum atomic E-state index is 12.8. The van der Waals surface area contributed by atoms with Crippen molar-refractivity contribution in [1.82, 2.24) is 10.2 Å². The van der Waals surface area contributed by atoms with E-state index in [1.807, 2.05) is 66.8 Å². The number of aromatic amines is 1. The number of fused-ring (bicyclic) bond motifs is 1. The van der Waals surface area contributed by atoms with Gasteiger partial charge in [0.25, 0.3) is 5.91 Å². The summed E-state index contributed by atoms with van der Waals surface area (Å²) in [6, 6.07) is 29.6. The van der Waals surface area contributed by atoms with Crippen molar-refractivity contribution in [3.63, 3.8) is 0 Å². The molecule has 0 saturated carbocycles. The third kappa shape index (κ3) is 5.34. The number of carbonyl (C=O) groups is 1. The van der Waals surface area contributed by atoms with Crippen molar-refractivity contribution in [2.75, 3.05) is 12.4 Å². The number of H-pyrrole nitrogens is 1. The number of hydrogen-bond acceptors (Lipinski definition) is 5. The van der Waals surface area contributed by atoms with Gasteiger partial charge in [0, 0.05) is 23.2 Å². The zero-order valence-electron chi connectivity index (χ0n) is 19.9. The van der Waals surface area contributed by atoms with Crippen LogP contribution in [0.5, 0.6) is 17.2 Å². The zero-order chi connectivity index (χ0) is 25.6. The molecule has 1 heterocycles. The molecule has 37 heavy (non-hydrogen) atoms. The van der Waals surface area contributed by atoms with Crippen LogP contribution in [0.25, 0.3) is 23.1 Å². The lowest BCUT2D eigenvalue weighted by molar-refractivity contribution is 0.102. The summed E-state index contributed by atoms with van der Waals surface area (Å²) < 4.78 is 11.2. The van der Waals surface area contributed by atoms with E-state index in [4.69, 9.17) is 9.47 Å². The highest BCUT2D eigenvalue weighted by molar-refractivity contribution is 6.06. The third-order valence-electron chi connectivity index (χ3n) is 5.72. The molecule has 0 spiro atoms. The van der Waals surface area contributed by atoms with Crippen LogP contribution in [0, 0.1) is 11.3 Å². The number of amides is 1. The van der Waals surface area contributed by atoms with Gasteiger partial charge in [0.15, 0.2) is 0 Å². The molecule has 0 radical (unpaired) electrons. The fourth-order valence-electron chi connectivity index (χ4n) is 3.86. The molecule has 0 aliphatic rings. The summed E-state index contributed by atoms with van der Waals surface area (Å²) in [7, 11) is 1.51. The van der Waals surface area contributed by atoms with Crippen LogP contribution in [-0.2, 0) is 0 Å². The second-order valence-electron chi connectivity index (χ2n) is 8.17. The van der Waals surface area contributed by atoms with Gasteiger partial charge in [-0.15, -0.1) is 0 Å². The minimum absolute atomic E-state index is 0.231. The first-order valence-corrected chi connectivity index (χ1v) is 11.5. The van der Waals surface area contributed by atoms with Gasteiger partial charge < -0.3 is 14.8 Å². The van der Waals surface area contributed by atoms with E-state index in [9.17, 15) is 10.1 Å². The number of hydrogen-bond donors (Lipinski definition) is 2. The van der Waals surface area contributed by atoms with E-state index in [1.165, 1.54) is 13.2 Å². The monoisotopic (exact) mass is 486 g/mol. The van der Waals surface area contributed by atoms with E-state index >= 15 is 0 Å². The van der Waals surface area contributed by atoms with Crippen molar-refractivity contribution in [1.29, 1.82) is 5.26 Å². The van der Waals surface area contributed by atoms with Gasteiger partial charge in [0.05, 0.1) is 35.5 Å². The summed E-state index contributed by atoms with van der Waals surface area (Å²) in [6.45, 7) is 0. The highest BCUT2D eigenvalue weighted by atomic mass is 16.5. The van der Waals surface area contributed by atoms with E-state index in [0.717, 1.165) is 22.2 Å². The molecule has 0 atom stereocenters. The van der Waals surface area contributed by atoms with Crippen molar-refractivity contribution in [3.05, 3.63) is 113 Å². The molecule has 0 saturated heterocycles. The Morgan fingerprint density at radius 2 is 1.73 bits per heavy atom. The van der Waals surface area contributed by atoms with Crippen molar-refractivity contribution < 1.29 is 14.3 Å². The van der Waals surface area contributed by atoms with Gasteiger partial charge in [0.2, 0.25) is 0 Å². The SMILES string of the molecule is COc1ccc(C#N)c(C(=O)Nc2cccc(Oc3ccc4c(/C=C/c5ccccc5)n[nH]c4c3)c2)c1. The van der Waals surface area contributed by atoms with Crippen LogP contribution >= 0.6 is 0 Å². The van der Waals surface area contributed by atoms with Crippen LogP contribution in [-0.4, -0.2) is 23.2 Å². The van der Waals surface area contributed by atoms with E-state index in [-0.39, 0.29) is 11.1 Å². The fourth-order valence-corrected chi connectivity index (χ4v) is 3.86. The lowest BCUT2D eigenvalue weighted by Gasteiger charge is -2.10. The molecule has 0 bridgehead atoms. The minimum atomic E-state index is -0.414. The zero-order valence-corrected chi connectivity index (χ0v) is 19.9. The first-order valence-electron chi connectivity index (χ1n) is 11.5. The number of nitrogens with one attached hydrogen (secondary N) is 2. The quantitative estimate of drug-likeness (QED) is 0.268. The summed E-state index contributed by atoms with van der Waals surface area (Å²) in [5.74, 6) is 1.25. The van der Waals surface area contributed by atoms with Gasteiger partial charge in [-0.2, -0.15) is 10.4 Å². The maximum absolute atomic E-state index is 12.8. The highest BCUT2D eigenvalue weighted by Crippen LogP contribution is 2.29. The molecule has 7 heteroatoms. The molecular formula is C30H22N4O3. The number of anilines is 1. The normalized spacial score (nSPS) is 10.8. The Morgan fingerprint density at radius 1 is 0.919 bits per heavy atom. The van der Waals surface area contributed by atoms with Crippen LogP contribution in [0.3, 0.4) is 0 Å². The van der Waals surface area contributed by atoms with Crippen molar-refractivity contribution in [2.24, 2.45) is 0 Å². The van der Waals surface area contributed by atoms with Gasteiger partial charge in [-0.3, -0.25) is 9.89 Å². The molecule has 0 aliphatic heterocycles. The number of methoxy groups -OCH3 is 1. The van der Waals surface area contributed by atoms with Gasteiger partial charge in [-0.25, -0.2) is 0 Å². The number of ether oxygens (including phenoxy) is 2. The molecule has 1 amide bonds. The molecular weight excluding hydrogens is 464 g/mol. The molecule has 2 N–H and O–H groups in total. The Morgan fingerprint density at radius 3 is 2.54 bits per heavy atom. The predicted octanol–water partition coefficient (Wildman–Crippen LogP) is 6.66. The Hall–Kier alpha value is -5.35. The second-order valence-corrected chi connectivity index (χ2v) is 8.17. The average molecular weight is 487 g/mol. The molecule has 4 aromatic carbocycles. The Balaban J connectivity index is 1.31. The van der Waals surface area contributed by atoms with Gasteiger partial charge in [-0.1, -0.05) is 42.5 Å². The standard InChI is InChI=1S/C30H22N4O3/c1-36-23-12-11-21(19-31)27(17-23)30(35)32-22-8-5-9-24(16-22)37-25-13-14-26-28(33-34-29(26)18-25)15-10-20-6-3-2-4-7-20/h2-18H,1H3,(H,32,35)(H,33,34)/b15-10+. The molecule has 5 rings (SSSR count). The topological polar surface area (TPSA) is 100 Å². The maximum Gasteiger partial charge on any atom is 0.257 e. The average Bonchev–Trinajstić information content (AvgIpc) is 3.34. The summed E-state index contributed by atoms with van der Waals surface area (Å²) in [6.07, 6.45) is 3.99. The van der Waals surface area contributed by atoms with E-state index < -0.39 is 5.91 Å². The smallest absolute Gasteiger partial charge is 0.257 e. The summed E-state index contributed by atoms with van der Waals surface area (Å²) in [5.41, 5.74) is 3.80. The fraction of sp³-hybridized carbons (Fsp3) is 0.0333. The van der Waals surface area contributed by atoms with E-state index in [1.54, 1.807) is 36.4 Å². The summed E-state index contributed by atoms with van der Waals surface area (Å²) in [4.78, 5) is 12.8. The molecule has 0 fully saturated rings. The van der Waals surface area contributed by atoms with Gasteiger partial charge in [-0.05, 0) is 54.1 Å². The first-order chi connectivity index (χ1) is 18.1. The van der Waals surface area contributed by atoms with Crippen molar-refractivity contribution in [3.8, 4) is 23.3 Å². The number of rotatable bonds is 7. The van der Waals surface area contributed by atoms with Crippen LogP contribution < -0.4 is 14.8 Å². The predicted molar refractivity (Wildman–Crippen MR) is 144 cm³/mol. The molecule has 7 nitrogen and oxygen atoms in total. The Labute approximate surface area is 213 Å². The largest absolute Gasteiger partial charge is 0.497 e. The second kappa shape index (κ2) is 10.5. The van der Waals surface area contributed by atoms with Gasteiger partial charge >= 0.3 is 0 Å². The van der Waals surface area contributed by atoms with Crippen LogP contribution in [0.1, 0.15) is 27.2 Å². The minimum Gasteiger partial charge on any atom is -0.497 e. The Bertz CT molecular complexity index is 1650. The van der Waals surface area contributed by atoms with Crippen LogP contribution in [0.15, 0.2) is 91.0 Å². The molecule has 0 aliphatic carbocycles.